The highest BCUT2D eigenvalue weighted by molar-refractivity contribution is 6.24. The summed E-state index contributed by atoms with van der Waals surface area (Å²) in [5.74, 6) is -1.16. The molecule has 3 atom stereocenters. The zero-order valence-corrected chi connectivity index (χ0v) is 21.6. The molecular weight excluding hydrogens is 511 g/mol. The number of hydrogen-bond acceptors (Lipinski definition) is 4. The first-order chi connectivity index (χ1) is 19.5. The van der Waals surface area contributed by atoms with Crippen molar-refractivity contribution in [1.82, 2.24) is 15.2 Å². The van der Waals surface area contributed by atoms with E-state index >= 15 is 0 Å². The van der Waals surface area contributed by atoms with Gasteiger partial charge in [-0.05, 0) is 54.3 Å². The fourth-order valence-electron chi connectivity index (χ4n) is 6.26. The number of amides is 4. The average Bonchev–Trinajstić information content (AvgIpc) is 3.69. The average molecular weight is 539 g/mol. The molecule has 2 saturated heterocycles. The standard InChI is InChI=1S/C31H27FN4O4/c32-19-13-11-18(12-14-19)28-27-23(21-7-1-3-9-24(21)34-27)16-26-30(38)36(31(39)35(26)28)25-10-4-2-8-22(25)29(37)33-17-20-6-5-15-40-20/h1-4,7-14,20,26,28,34H,5-6,15-17H2,(H,33,37)/t20-,26-,28-/m0/s1. The molecule has 0 spiro atoms. The molecule has 0 bridgehead atoms. The number of carbonyl (C=O) groups excluding carboxylic acids is 3. The van der Waals surface area contributed by atoms with Crippen LogP contribution in [-0.4, -0.2) is 53.0 Å². The summed E-state index contributed by atoms with van der Waals surface area (Å²) in [6, 6.07) is 18.5. The molecule has 0 radical (unpaired) electrons. The van der Waals surface area contributed by atoms with Crippen molar-refractivity contribution in [2.45, 2.75) is 37.5 Å². The SMILES string of the molecule is O=C(NC[C@@H]1CCCO1)c1ccccc1N1C(=O)[C@@H]2Cc3c([nH]c4ccccc34)[C@H](c3ccc(F)cc3)N2C1=O. The van der Waals surface area contributed by atoms with Gasteiger partial charge in [0.15, 0.2) is 0 Å². The predicted molar refractivity (Wildman–Crippen MR) is 147 cm³/mol. The molecule has 4 amide bonds. The lowest BCUT2D eigenvalue weighted by Crippen LogP contribution is -2.44. The van der Waals surface area contributed by atoms with Crippen molar-refractivity contribution in [3.8, 4) is 0 Å². The number of hydrogen-bond donors (Lipinski definition) is 2. The van der Waals surface area contributed by atoms with E-state index < -0.39 is 24.0 Å². The number of para-hydroxylation sites is 2. The molecule has 0 saturated carbocycles. The lowest BCUT2D eigenvalue weighted by molar-refractivity contribution is -0.120. The lowest BCUT2D eigenvalue weighted by atomic mass is 9.89. The van der Waals surface area contributed by atoms with Crippen LogP contribution in [0.4, 0.5) is 14.9 Å². The molecule has 2 fully saturated rings. The number of H-pyrrole nitrogens is 1. The van der Waals surface area contributed by atoms with E-state index in [1.54, 1.807) is 41.3 Å². The molecule has 40 heavy (non-hydrogen) atoms. The van der Waals surface area contributed by atoms with Crippen LogP contribution >= 0.6 is 0 Å². The molecule has 7 rings (SSSR count). The van der Waals surface area contributed by atoms with Gasteiger partial charge in [-0.3, -0.25) is 14.5 Å². The maximum absolute atomic E-state index is 14.2. The number of halogens is 1. The van der Waals surface area contributed by atoms with Crippen LogP contribution in [0.15, 0.2) is 72.8 Å². The number of nitrogens with zero attached hydrogens (tertiary/aromatic N) is 2. The highest BCUT2D eigenvalue weighted by Gasteiger charge is 2.53. The Morgan fingerprint density at radius 2 is 1.80 bits per heavy atom. The van der Waals surface area contributed by atoms with Crippen molar-refractivity contribution in [3.05, 3.63) is 101 Å². The number of carbonyl (C=O) groups is 3. The molecule has 8 nitrogen and oxygen atoms in total. The highest BCUT2D eigenvalue weighted by Crippen LogP contribution is 2.45. The number of aromatic nitrogens is 1. The van der Waals surface area contributed by atoms with Gasteiger partial charge < -0.3 is 15.0 Å². The number of urea groups is 1. The topological polar surface area (TPSA) is 94.7 Å². The minimum atomic E-state index is -0.780. The van der Waals surface area contributed by atoms with Gasteiger partial charge >= 0.3 is 6.03 Å². The number of aromatic amines is 1. The van der Waals surface area contributed by atoms with Gasteiger partial charge in [0, 0.05) is 36.2 Å². The Hall–Kier alpha value is -4.50. The summed E-state index contributed by atoms with van der Waals surface area (Å²) >= 11 is 0. The van der Waals surface area contributed by atoms with Crippen molar-refractivity contribution in [3.63, 3.8) is 0 Å². The Morgan fingerprint density at radius 3 is 2.60 bits per heavy atom. The molecule has 2 N–H and O–H groups in total. The predicted octanol–water partition coefficient (Wildman–Crippen LogP) is 4.70. The van der Waals surface area contributed by atoms with Crippen LogP contribution in [0.25, 0.3) is 10.9 Å². The lowest BCUT2D eigenvalue weighted by Gasteiger charge is -2.36. The first-order valence-electron chi connectivity index (χ1n) is 13.5. The number of benzene rings is 3. The number of anilines is 1. The fourth-order valence-corrected chi connectivity index (χ4v) is 6.26. The monoisotopic (exact) mass is 538 g/mol. The maximum atomic E-state index is 14.2. The fraction of sp³-hybridized carbons (Fsp3) is 0.258. The number of ether oxygens (including phenoxy) is 1. The number of rotatable bonds is 5. The minimum Gasteiger partial charge on any atom is -0.376 e. The van der Waals surface area contributed by atoms with Crippen molar-refractivity contribution >= 4 is 34.4 Å². The van der Waals surface area contributed by atoms with Gasteiger partial charge in [0.25, 0.3) is 11.8 Å². The third-order valence-electron chi connectivity index (χ3n) is 8.14. The Kier molecular flexibility index (Phi) is 5.89. The van der Waals surface area contributed by atoms with E-state index in [2.05, 4.69) is 10.3 Å². The summed E-state index contributed by atoms with van der Waals surface area (Å²) in [5, 5.41) is 3.88. The Labute approximate surface area is 229 Å². The second kappa shape index (κ2) is 9.60. The molecule has 3 aliphatic heterocycles. The second-order valence-electron chi connectivity index (χ2n) is 10.5. The first kappa shape index (κ1) is 24.5. The van der Waals surface area contributed by atoms with E-state index in [9.17, 15) is 18.8 Å². The number of imide groups is 1. The molecule has 202 valence electrons. The van der Waals surface area contributed by atoms with Crippen LogP contribution in [0.2, 0.25) is 0 Å². The molecule has 9 heteroatoms. The minimum absolute atomic E-state index is 0.0413. The summed E-state index contributed by atoms with van der Waals surface area (Å²) in [6.45, 7) is 1.04. The highest BCUT2D eigenvalue weighted by atomic mass is 19.1. The first-order valence-corrected chi connectivity index (χ1v) is 13.5. The van der Waals surface area contributed by atoms with Crippen LogP contribution in [0.5, 0.6) is 0 Å². The van der Waals surface area contributed by atoms with Crippen molar-refractivity contribution in [1.29, 1.82) is 0 Å². The third kappa shape index (κ3) is 3.88. The maximum Gasteiger partial charge on any atom is 0.332 e. The number of nitrogens with one attached hydrogen (secondary N) is 2. The van der Waals surface area contributed by atoms with Gasteiger partial charge in [0.2, 0.25) is 0 Å². The molecular formula is C31H27FN4O4. The smallest absolute Gasteiger partial charge is 0.332 e. The van der Waals surface area contributed by atoms with Crippen molar-refractivity contribution in [2.75, 3.05) is 18.1 Å². The van der Waals surface area contributed by atoms with E-state index in [4.69, 9.17) is 4.74 Å². The summed E-state index contributed by atoms with van der Waals surface area (Å²) in [5.41, 5.74) is 3.83. The largest absolute Gasteiger partial charge is 0.376 e. The molecule has 3 aromatic carbocycles. The zero-order chi connectivity index (χ0) is 27.4. The normalized spacial score (nSPS) is 22.1. The van der Waals surface area contributed by atoms with Gasteiger partial charge in [-0.2, -0.15) is 0 Å². The summed E-state index contributed by atoms with van der Waals surface area (Å²) < 4.78 is 19.5. The summed E-state index contributed by atoms with van der Waals surface area (Å²) in [4.78, 5) is 47.6. The summed E-state index contributed by atoms with van der Waals surface area (Å²) in [6.07, 6.45) is 2.12. The quantitative estimate of drug-likeness (QED) is 0.360. The Morgan fingerprint density at radius 1 is 1.02 bits per heavy atom. The van der Waals surface area contributed by atoms with E-state index in [1.807, 2.05) is 24.3 Å². The molecule has 4 heterocycles. The molecule has 3 aliphatic rings. The zero-order valence-electron chi connectivity index (χ0n) is 21.6. The third-order valence-corrected chi connectivity index (χ3v) is 8.14. The molecule has 1 aromatic heterocycles. The van der Waals surface area contributed by atoms with Gasteiger partial charge in [0.1, 0.15) is 17.9 Å². The van der Waals surface area contributed by atoms with E-state index in [1.165, 1.54) is 12.1 Å². The van der Waals surface area contributed by atoms with E-state index in [-0.39, 0.29) is 29.1 Å². The van der Waals surface area contributed by atoms with Crippen LogP contribution in [-0.2, 0) is 16.0 Å². The van der Waals surface area contributed by atoms with Crippen LogP contribution in [0, 0.1) is 5.82 Å². The molecule has 0 aliphatic carbocycles. The van der Waals surface area contributed by atoms with Gasteiger partial charge in [0.05, 0.1) is 17.4 Å². The van der Waals surface area contributed by atoms with Crippen LogP contribution in [0.3, 0.4) is 0 Å². The van der Waals surface area contributed by atoms with Crippen molar-refractivity contribution in [2.24, 2.45) is 0 Å². The summed E-state index contributed by atoms with van der Waals surface area (Å²) in [7, 11) is 0. The molecule has 4 aromatic rings. The molecule has 0 unspecified atom stereocenters. The second-order valence-corrected chi connectivity index (χ2v) is 10.5. The number of fused-ring (bicyclic) bond motifs is 4. The Balaban J connectivity index is 1.29. The van der Waals surface area contributed by atoms with Crippen LogP contribution in [0.1, 0.15) is 46.1 Å². The van der Waals surface area contributed by atoms with E-state index in [0.29, 0.717) is 25.1 Å². The van der Waals surface area contributed by atoms with Crippen LogP contribution < -0.4 is 10.2 Å². The van der Waals surface area contributed by atoms with Crippen molar-refractivity contribution < 1.29 is 23.5 Å². The van der Waals surface area contributed by atoms with Gasteiger partial charge in [-0.25, -0.2) is 14.1 Å². The van der Waals surface area contributed by atoms with E-state index in [0.717, 1.165) is 39.9 Å². The Bertz CT molecular complexity index is 1640. The van der Waals surface area contributed by atoms with Gasteiger partial charge in [-0.1, -0.05) is 42.5 Å². The van der Waals surface area contributed by atoms with Gasteiger partial charge in [-0.15, -0.1) is 0 Å².